The van der Waals surface area contributed by atoms with E-state index in [9.17, 15) is 14.7 Å². The third-order valence-electron chi connectivity index (χ3n) is 5.12. The molecular formula is C24H48Na2O6. The molecule has 0 heterocycles. The minimum atomic E-state index is -0.485. The third-order valence-corrected chi connectivity index (χ3v) is 5.12. The van der Waals surface area contributed by atoms with Crippen molar-refractivity contribution in [2.45, 2.75) is 123 Å². The van der Waals surface area contributed by atoms with Crippen molar-refractivity contribution in [1.29, 1.82) is 0 Å². The number of carbonyl (C=O) groups is 2. The van der Waals surface area contributed by atoms with Crippen LogP contribution in [0.15, 0.2) is 0 Å². The number of hydrogen-bond acceptors (Lipinski definition) is 6. The SMILES string of the molecule is CCCCCCCCC(COCC(=O)OC(CO)CCCCCCCC)OC(C)=O.[NaH].[NaH]. The van der Waals surface area contributed by atoms with Crippen LogP contribution >= 0.6 is 0 Å². The maximum absolute atomic E-state index is 12.0. The van der Waals surface area contributed by atoms with Gasteiger partial charge in [-0.3, -0.25) is 4.79 Å². The van der Waals surface area contributed by atoms with Gasteiger partial charge in [0.25, 0.3) is 0 Å². The molecule has 0 aromatic carbocycles. The molecule has 0 aliphatic rings. The fourth-order valence-electron chi connectivity index (χ4n) is 3.40. The Morgan fingerprint density at radius 2 is 1.19 bits per heavy atom. The molecule has 6 nitrogen and oxygen atoms in total. The van der Waals surface area contributed by atoms with Crippen LogP contribution in [0.5, 0.6) is 0 Å². The number of unbranched alkanes of at least 4 members (excludes halogenated alkanes) is 10. The van der Waals surface area contributed by atoms with Gasteiger partial charge in [0.1, 0.15) is 18.8 Å². The van der Waals surface area contributed by atoms with Crippen LogP contribution in [0.3, 0.4) is 0 Å². The van der Waals surface area contributed by atoms with Crippen LogP contribution < -0.4 is 0 Å². The van der Waals surface area contributed by atoms with Crippen molar-refractivity contribution in [1.82, 2.24) is 0 Å². The van der Waals surface area contributed by atoms with Crippen molar-refractivity contribution >= 4 is 71.1 Å². The van der Waals surface area contributed by atoms with Crippen molar-refractivity contribution in [3.8, 4) is 0 Å². The molecule has 0 rings (SSSR count). The Bertz CT molecular complexity index is 423. The van der Waals surface area contributed by atoms with Crippen molar-refractivity contribution in [3.05, 3.63) is 0 Å². The first-order valence-electron chi connectivity index (χ1n) is 12.1. The van der Waals surface area contributed by atoms with Crippen molar-refractivity contribution in [3.63, 3.8) is 0 Å². The van der Waals surface area contributed by atoms with Gasteiger partial charge in [-0.1, -0.05) is 78.1 Å². The quantitative estimate of drug-likeness (QED) is 0.152. The molecule has 32 heavy (non-hydrogen) atoms. The molecule has 0 fully saturated rings. The monoisotopic (exact) mass is 478 g/mol. The van der Waals surface area contributed by atoms with Crippen LogP contribution in [0.4, 0.5) is 0 Å². The molecule has 2 atom stereocenters. The second-order valence-electron chi connectivity index (χ2n) is 8.15. The average molecular weight is 479 g/mol. The van der Waals surface area contributed by atoms with E-state index < -0.39 is 12.1 Å². The first-order valence-corrected chi connectivity index (χ1v) is 12.1. The second kappa shape index (κ2) is 28.1. The zero-order chi connectivity index (χ0) is 22.5. The Balaban J connectivity index is -0.00000420. The molecule has 0 bridgehead atoms. The predicted octanol–water partition coefficient (Wildman–Crippen LogP) is 4.04. The summed E-state index contributed by atoms with van der Waals surface area (Å²) in [6.45, 7) is 5.58. The average Bonchev–Trinajstić information content (AvgIpc) is 2.71. The fraction of sp³-hybridized carbons (Fsp3) is 0.917. The van der Waals surface area contributed by atoms with E-state index in [0.29, 0.717) is 6.42 Å². The van der Waals surface area contributed by atoms with Gasteiger partial charge in [-0.2, -0.15) is 0 Å². The molecule has 0 aromatic rings. The number of ether oxygens (including phenoxy) is 3. The van der Waals surface area contributed by atoms with E-state index in [4.69, 9.17) is 14.2 Å². The minimum absolute atomic E-state index is 0. The van der Waals surface area contributed by atoms with Gasteiger partial charge in [-0.15, -0.1) is 0 Å². The van der Waals surface area contributed by atoms with Gasteiger partial charge in [0.05, 0.1) is 13.2 Å². The molecule has 0 radical (unpaired) electrons. The normalized spacial score (nSPS) is 12.2. The zero-order valence-corrected chi connectivity index (χ0v) is 19.7. The molecule has 0 spiro atoms. The molecule has 0 aromatic heterocycles. The van der Waals surface area contributed by atoms with Gasteiger partial charge in [-0.25, -0.2) is 4.79 Å². The van der Waals surface area contributed by atoms with Gasteiger partial charge < -0.3 is 19.3 Å². The van der Waals surface area contributed by atoms with Gasteiger partial charge >= 0.3 is 71.1 Å². The van der Waals surface area contributed by atoms with Crippen LogP contribution in [-0.2, 0) is 23.8 Å². The topological polar surface area (TPSA) is 82.1 Å². The summed E-state index contributed by atoms with van der Waals surface area (Å²) in [5.41, 5.74) is 0. The Hall–Kier alpha value is 0.860. The van der Waals surface area contributed by atoms with E-state index in [0.717, 1.165) is 32.1 Å². The van der Waals surface area contributed by atoms with Crippen LogP contribution in [0.25, 0.3) is 0 Å². The summed E-state index contributed by atoms with van der Waals surface area (Å²) < 4.78 is 16.0. The van der Waals surface area contributed by atoms with E-state index in [2.05, 4.69) is 13.8 Å². The van der Waals surface area contributed by atoms with Gasteiger partial charge in [-0.05, 0) is 25.7 Å². The van der Waals surface area contributed by atoms with Crippen molar-refractivity contribution in [2.75, 3.05) is 19.8 Å². The fourth-order valence-corrected chi connectivity index (χ4v) is 3.40. The molecule has 0 aliphatic heterocycles. The summed E-state index contributed by atoms with van der Waals surface area (Å²) in [6, 6.07) is 0. The van der Waals surface area contributed by atoms with Crippen molar-refractivity contribution in [2.24, 2.45) is 0 Å². The molecule has 0 aliphatic carbocycles. The number of carbonyl (C=O) groups excluding carboxylic acids is 2. The summed E-state index contributed by atoms with van der Waals surface area (Å²) in [4.78, 5) is 23.3. The molecule has 8 heteroatoms. The second-order valence-corrected chi connectivity index (χ2v) is 8.15. The Labute approximate surface area is 240 Å². The van der Waals surface area contributed by atoms with Crippen molar-refractivity contribution < 1.29 is 28.9 Å². The third kappa shape index (κ3) is 25.5. The summed E-state index contributed by atoms with van der Waals surface area (Å²) in [6.07, 6.45) is 14.5. The Kier molecular flexibility index (Phi) is 32.8. The van der Waals surface area contributed by atoms with E-state index in [-0.39, 0.29) is 91.0 Å². The van der Waals surface area contributed by atoms with Crippen LogP contribution in [-0.4, -0.2) is 108 Å². The molecule has 1 N–H and O–H groups in total. The number of rotatable bonds is 21. The van der Waals surface area contributed by atoms with E-state index in [1.54, 1.807) is 0 Å². The van der Waals surface area contributed by atoms with Gasteiger partial charge in [0, 0.05) is 6.92 Å². The predicted molar refractivity (Wildman–Crippen MR) is 134 cm³/mol. The van der Waals surface area contributed by atoms with Gasteiger partial charge in [0.15, 0.2) is 0 Å². The molecule has 182 valence electrons. The number of hydrogen-bond donors (Lipinski definition) is 1. The number of esters is 2. The van der Waals surface area contributed by atoms with E-state index in [1.807, 2.05) is 0 Å². The first-order chi connectivity index (χ1) is 14.5. The molecule has 0 saturated heterocycles. The van der Waals surface area contributed by atoms with Gasteiger partial charge in [0.2, 0.25) is 0 Å². The van der Waals surface area contributed by atoms with E-state index >= 15 is 0 Å². The summed E-state index contributed by atoms with van der Waals surface area (Å²) in [7, 11) is 0. The number of aliphatic hydroxyl groups is 1. The van der Waals surface area contributed by atoms with Crippen LogP contribution in [0.1, 0.15) is 111 Å². The Morgan fingerprint density at radius 3 is 1.66 bits per heavy atom. The maximum atomic E-state index is 12.0. The molecule has 0 saturated carbocycles. The summed E-state index contributed by atoms with van der Waals surface area (Å²) in [5, 5.41) is 9.43. The van der Waals surface area contributed by atoms with Crippen LogP contribution in [0, 0.1) is 0 Å². The van der Waals surface area contributed by atoms with E-state index in [1.165, 1.54) is 58.3 Å². The molecular weight excluding hydrogens is 430 g/mol. The summed E-state index contributed by atoms with van der Waals surface area (Å²) >= 11 is 0. The zero-order valence-electron chi connectivity index (χ0n) is 19.7. The molecule has 2 unspecified atom stereocenters. The van der Waals surface area contributed by atoms with Crippen LogP contribution in [0.2, 0.25) is 0 Å². The summed E-state index contributed by atoms with van der Waals surface area (Å²) in [5.74, 6) is -0.822. The standard InChI is InChI=1S/C24H46O6.2Na.2H/c1-4-6-8-10-12-14-16-22(18-25)30-24(27)20-28-19-23(29-21(3)26)17-15-13-11-9-7-5-2;;;;/h22-23,25H,4-20H2,1-3H3;;;;. The molecule has 0 amide bonds. The number of aliphatic hydroxyl groups excluding tert-OH is 1. The Morgan fingerprint density at radius 1 is 0.719 bits per heavy atom. The first kappa shape index (κ1) is 37.4.